The van der Waals surface area contributed by atoms with Crippen LogP contribution in [0.5, 0.6) is 0 Å². The number of allylic oxidation sites excluding steroid dienone is 4. The van der Waals surface area contributed by atoms with Crippen molar-refractivity contribution < 1.29 is 0 Å². The molecule has 0 radical (unpaired) electrons. The van der Waals surface area contributed by atoms with Crippen LogP contribution < -0.4 is 5.30 Å². The van der Waals surface area contributed by atoms with E-state index in [4.69, 9.17) is 0 Å². The molecule has 0 atom stereocenters. The van der Waals surface area contributed by atoms with E-state index in [1.807, 2.05) is 0 Å². The summed E-state index contributed by atoms with van der Waals surface area (Å²) in [5.41, 5.74) is 14.5. The third kappa shape index (κ3) is 6.63. The summed E-state index contributed by atoms with van der Waals surface area (Å²) in [5.74, 6) is 8.66. The van der Waals surface area contributed by atoms with Gasteiger partial charge in [0.15, 0.2) is 0 Å². The van der Waals surface area contributed by atoms with Gasteiger partial charge in [0, 0.05) is 5.30 Å². The van der Waals surface area contributed by atoms with Gasteiger partial charge in [-0.05, 0) is 97.0 Å². The van der Waals surface area contributed by atoms with Crippen molar-refractivity contribution >= 4 is 13.2 Å². The van der Waals surface area contributed by atoms with Gasteiger partial charge in [-0.1, -0.05) is 89.0 Å². The smallest absolute Gasteiger partial charge is 0.0729 e. The van der Waals surface area contributed by atoms with Crippen LogP contribution in [0.4, 0.5) is 0 Å². The molecule has 32 heavy (non-hydrogen) atoms. The highest BCUT2D eigenvalue weighted by Gasteiger charge is 2.22. The first-order chi connectivity index (χ1) is 15.4. The van der Waals surface area contributed by atoms with Gasteiger partial charge in [-0.2, -0.15) is 0 Å². The zero-order valence-electron chi connectivity index (χ0n) is 21.1. The Kier molecular flexibility index (Phi) is 9.27. The number of benzene rings is 1. The molecule has 2 aliphatic carbocycles. The van der Waals surface area contributed by atoms with E-state index in [1.165, 1.54) is 71.7 Å². The van der Waals surface area contributed by atoms with Crippen molar-refractivity contribution in [2.24, 2.45) is 0 Å². The molecule has 0 aromatic heterocycles. The van der Waals surface area contributed by atoms with Crippen molar-refractivity contribution in [3.63, 3.8) is 0 Å². The number of rotatable bonds is 4. The van der Waals surface area contributed by atoms with E-state index in [9.17, 15) is 0 Å². The summed E-state index contributed by atoms with van der Waals surface area (Å²) in [6.45, 7) is 13.9. The summed E-state index contributed by atoms with van der Waals surface area (Å²) in [6.07, 6.45) is 14.5. The lowest BCUT2D eigenvalue weighted by Gasteiger charge is -2.24. The average Bonchev–Trinajstić information content (AvgIpc) is 2.79. The first-order valence-electron chi connectivity index (χ1n) is 12.8. The molecule has 0 nitrogen and oxygen atoms in total. The number of hydrogen-bond acceptors (Lipinski definition) is 0. The third-order valence-corrected chi connectivity index (χ3v) is 8.20. The minimum Gasteiger partial charge on any atom is -0.0729 e. The van der Waals surface area contributed by atoms with Gasteiger partial charge in [0.1, 0.15) is 0 Å². The Labute approximate surface area is 199 Å². The van der Waals surface area contributed by atoms with E-state index in [0.717, 1.165) is 12.8 Å². The van der Waals surface area contributed by atoms with Gasteiger partial charge in [-0.15, -0.1) is 0 Å². The van der Waals surface area contributed by atoms with Crippen molar-refractivity contribution in [3.05, 3.63) is 52.1 Å². The predicted molar refractivity (Wildman–Crippen MR) is 144 cm³/mol. The molecule has 0 heterocycles. The molecule has 0 saturated carbocycles. The fraction of sp³-hybridized carbons (Fsp3) is 0.548. The van der Waals surface area contributed by atoms with Crippen LogP contribution in [-0.4, -0.2) is 0 Å². The fourth-order valence-corrected chi connectivity index (χ4v) is 6.43. The van der Waals surface area contributed by atoms with E-state index in [1.54, 1.807) is 0 Å². The zero-order chi connectivity index (χ0) is 23.1. The molecular weight excluding hydrogens is 403 g/mol. The molecule has 0 unspecified atom stereocenters. The molecule has 0 fully saturated rings. The molecule has 0 amide bonds. The predicted octanol–water partition coefficient (Wildman–Crippen LogP) is 9.09. The minimum absolute atomic E-state index is 0.470. The van der Waals surface area contributed by atoms with Crippen LogP contribution in [0.3, 0.4) is 0 Å². The lowest BCUT2D eigenvalue weighted by atomic mass is 9.89. The van der Waals surface area contributed by atoms with Crippen LogP contribution in [-0.2, 0) is 0 Å². The summed E-state index contributed by atoms with van der Waals surface area (Å²) in [4.78, 5) is 0. The van der Waals surface area contributed by atoms with Crippen LogP contribution >= 0.6 is 7.92 Å². The van der Waals surface area contributed by atoms with Crippen LogP contribution in [0.25, 0.3) is 0 Å². The minimum atomic E-state index is -0.848. The van der Waals surface area contributed by atoms with E-state index in [0.29, 0.717) is 17.8 Å². The highest BCUT2D eigenvalue weighted by atomic mass is 31.1. The summed E-state index contributed by atoms with van der Waals surface area (Å²) < 4.78 is 0. The van der Waals surface area contributed by atoms with Crippen LogP contribution in [0.1, 0.15) is 127 Å². The first kappa shape index (κ1) is 24.9. The number of hydrogen-bond donors (Lipinski definition) is 0. The lowest BCUT2D eigenvalue weighted by molar-refractivity contribution is 0.715. The fourth-order valence-electron chi connectivity index (χ4n) is 4.47. The van der Waals surface area contributed by atoms with Crippen LogP contribution in [0.2, 0.25) is 0 Å². The second kappa shape index (κ2) is 11.9. The molecule has 170 valence electrons. The topological polar surface area (TPSA) is 0 Å². The Morgan fingerprint density at radius 1 is 0.656 bits per heavy atom. The molecule has 0 saturated heterocycles. The monoisotopic (exact) mass is 444 g/mol. The van der Waals surface area contributed by atoms with Crippen molar-refractivity contribution in [3.8, 4) is 23.2 Å². The summed E-state index contributed by atoms with van der Waals surface area (Å²) >= 11 is 0. The van der Waals surface area contributed by atoms with E-state index < -0.39 is 7.92 Å². The maximum atomic E-state index is 3.73. The molecule has 3 rings (SSSR count). The highest BCUT2D eigenvalue weighted by Crippen LogP contribution is 2.40. The van der Waals surface area contributed by atoms with Gasteiger partial charge in [0.25, 0.3) is 0 Å². The Bertz CT molecular complexity index is 906. The van der Waals surface area contributed by atoms with Gasteiger partial charge in [-0.3, -0.25) is 0 Å². The molecule has 1 aromatic carbocycles. The average molecular weight is 445 g/mol. The van der Waals surface area contributed by atoms with Gasteiger partial charge < -0.3 is 0 Å². The highest BCUT2D eigenvalue weighted by molar-refractivity contribution is 7.75. The van der Waals surface area contributed by atoms with Gasteiger partial charge in [-0.25, -0.2) is 0 Å². The van der Waals surface area contributed by atoms with Crippen LogP contribution in [0, 0.1) is 23.2 Å². The van der Waals surface area contributed by atoms with Crippen molar-refractivity contribution in [2.45, 2.75) is 111 Å². The molecule has 0 spiro atoms. The van der Waals surface area contributed by atoms with Gasteiger partial charge in [0.05, 0.1) is 7.92 Å². The van der Waals surface area contributed by atoms with Crippen molar-refractivity contribution in [1.82, 2.24) is 0 Å². The van der Waals surface area contributed by atoms with E-state index in [2.05, 4.69) is 89.0 Å². The lowest BCUT2D eigenvalue weighted by Crippen LogP contribution is -2.18. The van der Waals surface area contributed by atoms with Gasteiger partial charge in [0.2, 0.25) is 0 Å². The maximum absolute atomic E-state index is 3.73. The van der Waals surface area contributed by atoms with E-state index in [-0.39, 0.29) is 0 Å². The van der Waals surface area contributed by atoms with Crippen molar-refractivity contribution in [2.75, 3.05) is 0 Å². The Morgan fingerprint density at radius 3 is 1.47 bits per heavy atom. The normalized spacial score (nSPS) is 16.4. The molecule has 0 N–H and O–H groups in total. The maximum Gasteiger partial charge on any atom is 0.0823 e. The standard InChI is InChI=1S/C31H41P/c1-23(2)28-21-29(24(3)4)31(30(22-28)25(5)6)32(19-17-26-13-9-7-10-14-26)20-18-27-15-11-8-12-16-27/h13,15,21-25H,7-12,14,16H2,1-6H3. The summed E-state index contributed by atoms with van der Waals surface area (Å²) in [5, 5.41) is 1.45. The molecule has 1 aromatic rings. The molecule has 2 aliphatic rings. The molecule has 0 bridgehead atoms. The molecule has 1 heteroatoms. The third-order valence-electron chi connectivity index (χ3n) is 6.56. The quantitative estimate of drug-likeness (QED) is 0.321. The first-order valence-corrected chi connectivity index (χ1v) is 14.1. The zero-order valence-corrected chi connectivity index (χ0v) is 22.0. The largest absolute Gasteiger partial charge is 0.0823 e. The second-order valence-electron chi connectivity index (χ2n) is 10.3. The Morgan fingerprint density at radius 2 is 1.12 bits per heavy atom. The van der Waals surface area contributed by atoms with Crippen LogP contribution in [0.15, 0.2) is 35.4 Å². The van der Waals surface area contributed by atoms with Gasteiger partial charge >= 0.3 is 0 Å². The molecular formula is C31H41P. The Hall–Kier alpha value is -1.75. The Balaban J connectivity index is 2.16. The molecule has 0 aliphatic heterocycles. The van der Waals surface area contributed by atoms with E-state index >= 15 is 0 Å². The summed E-state index contributed by atoms with van der Waals surface area (Å²) in [6, 6.07) is 4.91. The second-order valence-corrected chi connectivity index (χ2v) is 11.8. The SMILES string of the molecule is CC(C)c1cc(C(C)C)c(P(C#CC2=CCCCC2)C#CC2=CCCCC2)c(C(C)C)c1. The summed E-state index contributed by atoms with van der Waals surface area (Å²) in [7, 11) is -0.848. The van der Waals surface area contributed by atoms with Crippen molar-refractivity contribution in [1.29, 1.82) is 0 Å².